The Hall–Kier alpha value is -1.83. The average Bonchev–Trinajstić information content (AvgIpc) is 2.15. The molecule has 0 saturated heterocycles. The SMILES string of the molecule is C=C(C#N)C(=O)OCCCOC(C)=O. The van der Waals surface area contributed by atoms with Crippen molar-refractivity contribution in [2.75, 3.05) is 13.2 Å². The van der Waals surface area contributed by atoms with E-state index in [1.54, 1.807) is 6.07 Å². The third-order valence-electron chi connectivity index (χ3n) is 1.21. The molecule has 0 radical (unpaired) electrons. The van der Waals surface area contributed by atoms with Gasteiger partial charge in [0.15, 0.2) is 0 Å². The van der Waals surface area contributed by atoms with Gasteiger partial charge in [0, 0.05) is 13.3 Å². The van der Waals surface area contributed by atoms with Crippen LogP contribution in [-0.2, 0) is 19.1 Å². The van der Waals surface area contributed by atoms with E-state index in [-0.39, 0.29) is 24.8 Å². The first kappa shape index (κ1) is 12.2. The van der Waals surface area contributed by atoms with Gasteiger partial charge >= 0.3 is 11.9 Å². The number of rotatable bonds is 5. The van der Waals surface area contributed by atoms with E-state index in [1.165, 1.54) is 6.92 Å². The Morgan fingerprint density at radius 1 is 1.36 bits per heavy atom. The van der Waals surface area contributed by atoms with Crippen molar-refractivity contribution in [3.8, 4) is 6.07 Å². The van der Waals surface area contributed by atoms with Crippen molar-refractivity contribution in [3.63, 3.8) is 0 Å². The molecular weight excluding hydrogens is 186 g/mol. The largest absolute Gasteiger partial charge is 0.466 e. The average molecular weight is 197 g/mol. The molecule has 0 rings (SSSR count). The van der Waals surface area contributed by atoms with Gasteiger partial charge < -0.3 is 9.47 Å². The van der Waals surface area contributed by atoms with Gasteiger partial charge in [0.1, 0.15) is 11.6 Å². The van der Waals surface area contributed by atoms with Gasteiger partial charge in [-0.2, -0.15) is 5.26 Å². The topological polar surface area (TPSA) is 76.4 Å². The van der Waals surface area contributed by atoms with E-state index in [0.717, 1.165) is 0 Å². The first-order valence-corrected chi connectivity index (χ1v) is 3.97. The molecule has 0 aromatic heterocycles. The quantitative estimate of drug-likeness (QED) is 0.278. The molecule has 0 amide bonds. The van der Waals surface area contributed by atoms with Gasteiger partial charge in [0.25, 0.3) is 0 Å². The van der Waals surface area contributed by atoms with E-state index >= 15 is 0 Å². The van der Waals surface area contributed by atoms with Crippen LogP contribution in [0.1, 0.15) is 13.3 Å². The van der Waals surface area contributed by atoms with Crippen LogP contribution in [0.5, 0.6) is 0 Å². The monoisotopic (exact) mass is 197 g/mol. The minimum Gasteiger partial charge on any atom is -0.466 e. The molecule has 0 N–H and O–H groups in total. The zero-order valence-electron chi connectivity index (χ0n) is 7.91. The fourth-order valence-corrected chi connectivity index (χ4v) is 0.572. The number of hydrogen-bond acceptors (Lipinski definition) is 5. The second-order valence-electron chi connectivity index (χ2n) is 2.42. The number of carbonyl (C=O) groups excluding carboxylic acids is 2. The van der Waals surface area contributed by atoms with E-state index in [4.69, 9.17) is 5.26 Å². The number of esters is 2. The number of carbonyl (C=O) groups is 2. The molecule has 0 fully saturated rings. The molecule has 0 aliphatic heterocycles. The normalized spacial score (nSPS) is 8.57. The lowest BCUT2D eigenvalue weighted by molar-refractivity contribution is -0.142. The summed E-state index contributed by atoms with van der Waals surface area (Å²) < 4.78 is 9.22. The van der Waals surface area contributed by atoms with Crippen LogP contribution in [0.15, 0.2) is 12.2 Å². The third kappa shape index (κ3) is 5.77. The van der Waals surface area contributed by atoms with Crippen molar-refractivity contribution in [1.29, 1.82) is 5.26 Å². The fourth-order valence-electron chi connectivity index (χ4n) is 0.572. The molecule has 0 bridgehead atoms. The lowest BCUT2D eigenvalue weighted by Crippen LogP contribution is -2.10. The van der Waals surface area contributed by atoms with E-state index in [1.807, 2.05) is 0 Å². The number of ether oxygens (including phenoxy) is 2. The minimum atomic E-state index is -0.740. The highest BCUT2D eigenvalue weighted by Gasteiger charge is 2.06. The lowest BCUT2D eigenvalue weighted by atomic mass is 10.3. The summed E-state index contributed by atoms with van der Waals surface area (Å²) in [4.78, 5) is 21.1. The van der Waals surface area contributed by atoms with Gasteiger partial charge in [-0.05, 0) is 0 Å². The summed E-state index contributed by atoms with van der Waals surface area (Å²) in [6, 6.07) is 1.57. The third-order valence-corrected chi connectivity index (χ3v) is 1.21. The highest BCUT2D eigenvalue weighted by atomic mass is 16.5. The Balaban J connectivity index is 3.47. The fraction of sp³-hybridized carbons (Fsp3) is 0.444. The second kappa shape index (κ2) is 6.66. The smallest absolute Gasteiger partial charge is 0.348 e. The molecule has 0 aromatic rings. The number of nitrogens with zero attached hydrogens (tertiary/aromatic N) is 1. The van der Waals surface area contributed by atoms with Crippen molar-refractivity contribution < 1.29 is 19.1 Å². The van der Waals surface area contributed by atoms with E-state index in [0.29, 0.717) is 6.42 Å². The predicted octanol–water partition coefficient (Wildman–Crippen LogP) is 0.563. The van der Waals surface area contributed by atoms with Crippen LogP contribution in [0, 0.1) is 11.3 Å². The Morgan fingerprint density at radius 2 is 1.93 bits per heavy atom. The molecule has 0 saturated carbocycles. The molecule has 0 heterocycles. The van der Waals surface area contributed by atoms with Crippen LogP contribution in [0.2, 0.25) is 0 Å². The summed E-state index contributed by atoms with van der Waals surface area (Å²) in [5.74, 6) is -1.12. The lowest BCUT2D eigenvalue weighted by Gasteiger charge is -2.03. The standard InChI is InChI=1S/C9H11NO4/c1-7(6-10)9(12)14-5-3-4-13-8(2)11/h1,3-5H2,2H3. The summed E-state index contributed by atoms with van der Waals surface area (Å²) in [6.07, 6.45) is 0.407. The van der Waals surface area contributed by atoms with Gasteiger partial charge in [-0.25, -0.2) is 4.79 Å². The Kier molecular flexibility index (Phi) is 5.79. The first-order valence-electron chi connectivity index (χ1n) is 3.97. The zero-order valence-corrected chi connectivity index (χ0v) is 7.91. The Labute approximate surface area is 81.9 Å². The van der Waals surface area contributed by atoms with Crippen molar-refractivity contribution in [3.05, 3.63) is 12.2 Å². The highest BCUT2D eigenvalue weighted by molar-refractivity contribution is 5.91. The van der Waals surface area contributed by atoms with E-state index < -0.39 is 5.97 Å². The van der Waals surface area contributed by atoms with Gasteiger partial charge in [-0.15, -0.1) is 0 Å². The van der Waals surface area contributed by atoms with Crippen LogP contribution < -0.4 is 0 Å². The van der Waals surface area contributed by atoms with E-state index in [9.17, 15) is 9.59 Å². The van der Waals surface area contributed by atoms with Gasteiger partial charge in [0.2, 0.25) is 0 Å². The molecule has 0 atom stereocenters. The predicted molar refractivity (Wildman–Crippen MR) is 47.0 cm³/mol. The summed E-state index contributed by atoms with van der Waals surface area (Å²) in [7, 11) is 0. The van der Waals surface area contributed by atoms with Crippen LogP contribution in [0.25, 0.3) is 0 Å². The summed E-state index contributed by atoms with van der Waals surface area (Å²) >= 11 is 0. The Morgan fingerprint density at radius 3 is 2.43 bits per heavy atom. The van der Waals surface area contributed by atoms with Crippen LogP contribution in [-0.4, -0.2) is 25.2 Å². The minimum absolute atomic E-state index is 0.104. The molecule has 0 aliphatic rings. The van der Waals surface area contributed by atoms with Crippen molar-refractivity contribution >= 4 is 11.9 Å². The van der Waals surface area contributed by atoms with Gasteiger partial charge in [0.05, 0.1) is 13.2 Å². The molecule has 76 valence electrons. The van der Waals surface area contributed by atoms with Crippen LogP contribution in [0.3, 0.4) is 0 Å². The van der Waals surface area contributed by atoms with Crippen LogP contribution in [0.4, 0.5) is 0 Å². The highest BCUT2D eigenvalue weighted by Crippen LogP contribution is 1.93. The van der Waals surface area contributed by atoms with E-state index in [2.05, 4.69) is 16.1 Å². The maximum atomic E-state index is 10.8. The first-order chi connectivity index (χ1) is 6.57. The number of nitriles is 1. The number of hydrogen-bond donors (Lipinski definition) is 0. The summed E-state index contributed by atoms with van der Waals surface area (Å²) in [5, 5.41) is 8.26. The Bertz CT molecular complexity index is 277. The maximum Gasteiger partial charge on any atom is 0.348 e. The zero-order chi connectivity index (χ0) is 11.0. The van der Waals surface area contributed by atoms with Crippen molar-refractivity contribution in [1.82, 2.24) is 0 Å². The van der Waals surface area contributed by atoms with Crippen molar-refractivity contribution in [2.24, 2.45) is 0 Å². The molecule has 5 heteroatoms. The molecular formula is C9H11NO4. The molecule has 5 nitrogen and oxygen atoms in total. The molecule has 0 aromatic carbocycles. The molecule has 14 heavy (non-hydrogen) atoms. The van der Waals surface area contributed by atoms with Crippen molar-refractivity contribution in [2.45, 2.75) is 13.3 Å². The summed E-state index contributed by atoms with van der Waals surface area (Å²) in [6.45, 7) is 4.77. The molecule has 0 aliphatic carbocycles. The molecule has 0 unspecified atom stereocenters. The van der Waals surface area contributed by atoms with Gasteiger partial charge in [-0.1, -0.05) is 6.58 Å². The van der Waals surface area contributed by atoms with Crippen LogP contribution >= 0.6 is 0 Å². The molecule has 0 spiro atoms. The second-order valence-corrected chi connectivity index (χ2v) is 2.42. The maximum absolute atomic E-state index is 10.8. The van der Waals surface area contributed by atoms with Gasteiger partial charge in [-0.3, -0.25) is 4.79 Å². The summed E-state index contributed by atoms with van der Waals surface area (Å²) in [5.41, 5.74) is -0.238.